The smallest absolute Gasteiger partial charge is 0.260 e. The number of aromatic nitrogens is 4. The average molecular weight is 315 g/mol. The Morgan fingerprint density at radius 3 is 2.52 bits per heavy atom. The van der Waals surface area contributed by atoms with E-state index in [1.165, 1.54) is 12.7 Å². The summed E-state index contributed by atoms with van der Waals surface area (Å²) in [6.45, 7) is 4.28. The van der Waals surface area contributed by atoms with Crippen LogP contribution >= 0.6 is 0 Å². The lowest BCUT2D eigenvalue weighted by Crippen LogP contribution is -2.49. The number of hydrogen-bond donors (Lipinski definition) is 0. The quantitative estimate of drug-likeness (QED) is 0.860. The standard InChI is InChI=1S/C16H21N5O2/c1-12-4-3-5-13(2)21(12)16(22)10-23-15-8-6-14(7-9-15)20-11-17-18-19-20/h6-9,11-13H,3-5,10H2,1-2H3/t12-,13-/m1/s1. The van der Waals surface area contributed by atoms with Crippen LogP contribution in [0.25, 0.3) is 5.69 Å². The number of rotatable bonds is 4. The molecule has 0 aliphatic carbocycles. The van der Waals surface area contributed by atoms with Crippen molar-refractivity contribution >= 4 is 5.91 Å². The fraction of sp³-hybridized carbons (Fsp3) is 0.500. The Morgan fingerprint density at radius 2 is 1.91 bits per heavy atom. The molecule has 2 atom stereocenters. The second-order valence-corrected chi connectivity index (χ2v) is 5.97. The molecule has 7 heteroatoms. The summed E-state index contributed by atoms with van der Waals surface area (Å²) in [7, 11) is 0. The molecule has 1 aliphatic rings. The van der Waals surface area contributed by atoms with E-state index in [9.17, 15) is 4.79 Å². The molecule has 3 rings (SSSR count). The average Bonchev–Trinajstić information content (AvgIpc) is 3.08. The van der Waals surface area contributed by atoms with Crippen molar-refractivity contribution in [2.24, 2.45) is 0 Å². The number of tetrazole rings is 1. The van der Waals surface area contributed by atoms with E-state index in [1.807, 2.05) is 29.2 Å². The summed E-state index contributed by atoms with van der Waals surface area (Å²) in [4.78, 5) is 14.4. The minimum Gasteiger partial charge on any atom is -0.484 e. The van der Waals surface area contributed by atoms with Crippen LogP contribution in [0.15, 0.2) is 30.6 Å². The third kappa shape index (κ3) is 3.49. The molecular weight excluding hydrogens is 294 g/mol. The Kier molecular flexibility index (Phi) is 4.55. The van der Waals surface area contributed by atoms with E-state index in [2.05, 4.69) is 29.4 Å². The van der Waals surface area contributed by atoms with Crippen LogP contribution in [-0.4, -0.2) is 49.7 Å². The SMILES string of the molecule is C[C@@H]1CCC[C@@H](C)N1C(=O)COc1ccc(-n2cnnn2)cc1. The maximum absolute atomic E-state index is 12.4. The summed E-state index contributed by atoms with van der Waals surface area (Å²) in [5.41, 5.74) is 0.840. The molecule has 1 aromatic heterocycles. The van der Waals surface area contributed by atoms with Crippen LogP contribution < -0.4 is 4.74 Å². The predicted molar refractivity (Wildman–Crippen MR) is 84.3 cm³/mol. The molecule has 122 valence electrons. The number of amides is 1. The van der Waals surface area contributed by atoms with Crippen molar-refractivity contribution in [3.05, 3.63) is 30.6 Å². The number of hydrogen-bond acceptors (Lipinski definition) is 5. The molecule has 2 heterocycles. The van der Waals surface area contributed by atoms with Gasteiger partial charge in [0.2, 0.25) is 0 Å². The van der Waals surface area contributed by atoms with Crippen molar-refractivity contribution < 1.29 is 9.53 Å². The zero-order chi connectivity index (χ0) is 16.2. The summed E-state index contributed by atoms with van der Waals surface area (Å²) < 4.78 is 7.20. The van der Waals surface area contributed by atoms with Crippen LogP contribution in [0, 0.1) is 0 Å². The molecule has 1 fully saturated rings. The Morgan fingerprint density at radius 1 is 1.22 bits per heavy atom. The molecule has 2 aromatic rings. The van der Waals surface area contributed by atoms with Gasteiger partial charge in [-0.25, -0.2) is 4.68 Å². The van der Waals surface area contributed by atoms with Crippen molar-refractivity contribution in [3.8, 4) is 11.4 Å². The number of carbonyl (C=O) groups excluding carboxylic acids is 1. The number of carbonyl (C=O) groups is 1. The van der Waals surface area contributed by atoms with Gasteiger partial charge in [-0.15, -0.1) is 5.10 Å². The maximum atomic E-state index is 12.4. The van der Waals surface area contributed by atoms with Crippen molar-refractivity contribution in [1.82, 2.24) is 25.1 Å². The number of benzene rings is 1. The molecule has 0 N–H and O–H groups in total. The molecule has 1 saturated heterocycles. The van der Waals surface area contributed by atoms with Gasteiger partial charge in [0, 0.05) is 12.1 Å². The molecule has 1 amide bonds. The Hall–Kier alpha value is -2.44. The van der Waals surface area contributed by atoms with Crippen molar-refractivity contribution in [2.75, 3.05) is 6.61 Å². The lowest BCUT2D eigenvalue weighted by Gasteiger charge is -2.38. The minimum atomic E-state index is 0.0502. The fourth-order valence-corrected chi connectivity index (χ4v) is 3.11. The molecule has 1 aromatic carbocycles. The van der Waals surface area contributed by atoms with E-state index in [0.29, 0.717) is 5.75 Å². The van der Waals surface area contributed by atoms with Gasteiger partial charge < -0.3 is 9.64 Å². The van der Waals surface area contributed by atoms with Crippen LogP contribution in [0.3, 0.4) is 0 Å². The molecule has 1 aliphatic heterocycles. The van der Waals surface area contributed by atoms with Gasteiger partial charge in [0.25, 0.3) is 5.91 Å². The predicted octanol–water partition coefficient (Wildman–Crippen LogP) is 1.83. The van der Waals surface area contributed by atoms with Crippen LogP contribution in [0.1, 0.15) is 33.1 Å². The van der Waals surface area contributed by atoms with E-state index in [-0.39, 0.29) is 24.6 Å². The molecule has 0 radical (unpaired) electrons. The van der Waals surface area contributed by atoms with Crippen LogP contribution in [0.5, 0.6) is 5.75 Å². The molecule has 0 bridgehead atoms. The van der Waals surface area contributed by atoms with Crippen LogP contribution in [0.2, 0.25) is 0 Å². The van der Waals surface area contributed by atoms with Gasteiger partial charge in [0.05, 0.1) is 5.69 Å². The van der Waals surface area contributed by atoms with Crippen molar-refractivity contribution in [2.45, 2.75) is 45.2 Å². The zero-order valence-electron chi connectivity index (χ0n) is 13.4. The molecule has 7 nitrogen and oxygen atoms in total. The monoisotopic (exact) mass is 315 g/mol. The first kappa shape index (κ1) is 15.5. The van der Waals surface area contributed by atoms with Gasteiger partial charge in [-0.2, -0.15) is 0 Å². The molecule has 0 saturated carbocycles. The fourth-order valence-electron chi connectivity index (χ4n) is 3.11. The first-order chi connectivity index (χ1) is 11.1. The second kappa shape index (κ2) is 6.76. The van der Waals surface area contributed by atoms with Gasteiger partial charge in [0.1, 0.15) is 12.1 Å². The summed E-state index contributed by atoms with van der Waals surface area (Å²) in [6.07, 6.45) is 4.84. The van der Waals surface area contributed by atoms with E-state index < -0.39 is 0 Å². The highest BCUT2D eigenvalue weighted by Crippen LogP contribution is 2.23. The number of likely N-dealkylation sites (tertiary alicyclic amines) is 1. The van der Waals surface area contributed by atoms with Gasteiger partial charge in [-0.1, -0.05) is 0 Å². The lowest BCUT2D eigenvalue weighted by molar-refractivity contribution is -0.139. The summed E-state index contributed by atoms with van der Waals surface area (Å²) in [6, 6.07) is 7.90. The highest BCUT2D eigenvalue weighted by molar-refractivity contribution is 5.78. The summed E-state index contributed by atoms with van der Waals surface area (Å²) in [5.74, 6) is 0.710. The zero-order valence-corrected chi connectivity index (χ0v) is 13.4. The highest BCUT2D eigenvalue weighted by Gasteiger charge is 2.28. The van der Waals surface area contributed by atoms with E-state index in [4.69, 9.17) is 4.74 Å². The van der Waals surface area contributed by atoms with Gasteiger partial charge in [-0.05, 0) is 67.8 Å². The number of ether oxygens (including phenoxy) is 1. The van der Waals surface area contributed by atoms with Gasteiger partial charge in [0.15, 0.2) is 6.61 Å². The normalized spacial score (nSPS) is 21.2. The van der Waals surface area contributed by atoms with E-state index in [1.54, 1.807) is 4.68 Å². The topological polar surface area (TPSA) is 73.1 Å². The van der Waals surface area contributed by atoms with Gasteiger partial charge in [-0.3, -0.25) is 4.79 Å². The highest BCUT2D eigenvalue weighted by atomic mass is 16.5. The summed E-state index contributed by atoms with van der Waals surface area (Å²) >= 11 is 0. The Labute approximate surface area is 135 Å². The first-order valence-corrected chi connectivity index (χ1v) is 7.92. The maximum Gasteiger partial charge on any atom is 0.260 e. The third-order valence-electron chi connectivity index (χ3n) is 4.29. The van der Waals surface area contributed by atoms with Crippen molar-refractivity contribution in [1.29, 1.82) is 0 Å². The van der Waals surface area contributed by atoms with E-state index in [0.717, 1.165) is 18.5 Å². The second-order valence-electron chi connectivity index (χ2n) is 5.97. The van der Waals surface area contributed by atoms with Crippen LogP contribution in [0.4, 0.5) is 0 Å². The summed E-state index contributed by atoms with van der Waals surface area (Å²) in [5, 5.41) is 11.0. The minimum absolute atomic E-state index is 0.0502. The largest absolute Gasteiger partial charge is 0.484 e. The Bertz CT molecular complexity index is 631. The third-order valence-corrected chi connectivity index (χ3v) is 4.29. The number of nitrogens with zero attached hydrogens (tertiary/aromatic N) is 5. The van der Waals surface area contributed by atoms with Crippen LogP contribution in [-0.2, 0) is 4.79 Å². The number of piperidine rings is 1. The lowest BCUT2D eigenvalue weighted by atomic mass is 9.97. The molecule has 0 unspecified atom stereocenters. The Balaban J connectivity index is 1.58. The van der Waals surface area contributed by atoms with Gasteiger partial charge >= 0.3 is 0 Å². The molecule has 0 spiro atoms. The molecular formula is C16H21N5O2. The molecule has 23 heavy (non-hydrogen) atoms. The van der Waals surface area contributed by atoms with E-state index >= 15 is 0 Å². The van der Waals surface area contributed by atoms with Crippen molar-refractivity contribution in [3.63, 3.8) is 0 Å². The first-order valence-electron chi connectivity index (χ1n) is 7.92.